The lowest BCUT2D eigenvalue weighted by molar-refractivity contribution is -0.000569. The lowest BCUT2D eigenvalue weighted by Crippen LogP contribution is -2.53. The summed E-state index contributed by atoms with van der Waals surface area (Å²) in [5.41, 5.74) is 0. The quantitative estimate of drug-likeness (QED) is 0.791. The maximum Gasteiger partial charge on any atom is 0.0728 e. The van der Waals surface area contributed by atoms with Crippen molar-refractivity contribution in [3.63, 3.8) is 0 Å². The molecule has 1 N–H and O–H groups in total. The molecule has 4 unspecified atom stereocenters. The summed E-state index contributed by atoms with van der Waals surface area (Å²) < 4.78 is 5.81. The maximum atomic E-state index is 5.81. The van der Waals surface area contributed by atoms with Gasteiger partial charge in [0.25, 0.3) is 0 Å². The fraction of sp³-hybridized carbons (Fsp3) is 1.00. The molecule has 4 atom stereocenters. The average molecular weight is 226 g/mol. The summed E-state index contributed by atoms with van der Waals surface area (Å²) in [6.07, 6.45) is 5.52. The van der Waals surface area contributed by atoms with Crippen molar-refractivity contribution in [3.8, 4) is 0 Å². The van der Waals surface area contributed by atoms with Crippen molar-refractivity contribution < 1.29 is 4.74 Å². The topological polar surface area (TPSA) is 24.5 Å². The standard InChI is InChI=1S/C13H26N2O/c1-10-9-12(14-3)6-7-15(10)11(2)13-5-4-8-16-13/h10-14H,4-9H2,1-3H3. The zero-order valence-electron chi connectivity index (χ0n) is 10.9. The molecule has 0 aromatic heterocycles. The molecule has 2 fully saturated rings. The van der Waals surface area contributed by atoms with E-state index < -0.39 is 0 Å². The van der Waals surface area contributed by atoms with Crippen LogP contribution in [-0.2, 0) is 4.74 Å². The van der Waals surface area contributed by atoms with Gasteiger partial charge in [-0.2, -0.15) is 0 Å². The Hall–Kier alpha value is -0.120. The van der Waals surface area contributed by atoms with Crippen molar-refractivity contribution in [2.75, 3.05) is 20.2 Å². The first-order chi connectivity index (χ1) is 7.72. The van der Waals surface area contributed by atoms with Gasteiger partial charge in [0, 0.05) is 31.3 Å². The third-order valence-corrected chi connectivity index (χ3v) is 4.36. The molecular weight excluding hydrogens is 200 g/mol. The Morgan fingerprint density at radius 3 is 2.75 bits per heavy atom. The van der Waals surface area contributed by atoms with E-state index in [1.807, 2.05) is 0 Å². The molecule has 2 rings (SSSR count). The summed E-state index contributed by atoms with van der Waals surface area (Å²) in [4.78, 5) is 2.64. The predicted octanol–water partition coefficient (Wildman–Crippen LogP) is 1.63. The van der Waals surface area contributed by atoms with Crippen LogP contribution in [0.2, 0.25) is 0 Å². The second-order valence-corrected chi connectivity index (χ2v) is 5.39. The number of ether oxygens (including phenoxy) is 1. The van der Waals surface area contributed by atoms with Gasteiger partial charge in [-0.15, -0.1) is 0 Å². The third-order valence-electron chi connectivity index (χ3n) is 4.36. The van der Waals surface area contributed by atoms with E-state index in [1.54, 1.807) is 0 Å². The normalized spacial score (nSPS) is 38.8. The van der Waals surface area contributed by atoms with Crippen LogP contribution in [0.5, 0.6) is 0 Å². The van der Waals surface area contributed by atoms with Gasteiger partial charge in [0.15, 0.2) is 0 Å². The molecule has 0 radical (unpaired) electrons. The van der Waals surface area contributed by atoms with Crippen molar-refractivity contribution in [2.45, 2.75) is 63.8 Å². The van der Waals surface area contributed by atoms with Gasteiger partial charge in [-0.25, -0.2) is 0 Å². The Labute approximate surface area is 99.5 Å². The van der Waals surface area contributed by atoms with Crippen LogP contribution in [0.25, 0.3) is 0 Å². The third kappa shape index (κ3) is 2.58. The monoisotopic (exact) mass is 226 g/mol. The minimum atomic E-state index is 0.480. The molecule has 16 heavy (non-hydrogen) atoms. The predicted molar refractivity (Wildman–Crippen MR) is 66.7 cm³/mol. The van der Waals surface area contributed by atoms with Gasteiger partial charge in [-0.3, -0.25) is 4.90 Å². The molecule has 0 amide bonds. The average Bonchev–Trinajstić information content (AvgIpc) is 2.81. The van der Waals surface area contributed by atoms with Crippen LogP contribution in [0.4, 0.5) is 0 Å². The van der Waals surface area contributed by atoms with Gasteiger partial charge in [0.2, 0.25) is 0 Å². The first-order valence-electron chi connectivity index (χ1n) is 6.77. The van der Waals surface area contributed by atoms with Crippen LogP contribution in [0.3, 0.4) is 0 Å². The molecule has 3 heteroatoms. The first kappa shape index (κ1) is 12.3. The molecule has 0 aliphatic carbocycles. The van der Waals surface area contributed by atoms with E-state index in [-0.39, 0.29) is 0 Å². The van der Waals surface area contributed by atoms with E-state index in [1.165, 1.54) is 32.2 Å². The van der Waals surface area contributed by atoms with Crippen molar-refractivity contribution in [1.82, 2.24) is 10.2 Å². The number of nitrogens with zero attached hydrogens (tertiary/aromatic N) is 1. The van der Waals surface area contributed by atoms with E-state index in [0.29, 0.717) is 24.2 Å². The minimum absolute atomic E-state index is 0.480. The molecule has 2 heterocycles. The SMILES string of the molecule is CNC1CCN(C(C)C2CCCO2)C(C)C1. The summed E-state index contributed by atoms with van der Waals surface area (Å²) in [6.45, 7) is 6.88. The highest BCUT2D eigenvalue weighted by molar-refractivity contribution is 4.88. The number of hydrogen-bond donors (Lipinski definition) is 1. The van der Waals surface area contributed by atoms with Gasteiger partial charge in [0.1, 0.15) is 0 Å². The number of hydrogen-bond acceptors (Lipinski definition) is 3. The number of rotatable bonds is 3. The first-order valence-corrected chi connectivity index (χ1v) is 6.77. The maximum absolute atomic E-state index is 5.81. The molecule has 0 aromatic carbocycles. The molecule has 0 aromatic rings. The van der Waals surface area contributed by atoms with Crippen molar-refractivity contribution >= 4 is 0 Å². The molecule has 94 valence electrons. The molecule has 2 saturated heterocycles. The van der Waals surface area contributed by atoms with E-state index in [2.05, 4.69) is 31.1 Å². The second kappa shape index (κ2) is 5.48. The van der Waals surface area contributed by atoms with Crippen LogP contribution >= 0.6 is 0 Å². The van der Waals surface area contributed by atoms with Crippen LogP contribution in [-0.4, -0.2) is 49.3 Å². The fourth-order valence-corrected chi connectivity index (χ4v) is 3.25. The fourth-order valence-electron chi connectivity index (χ4n) is 3.25. The molecule has 0 spiro atoms. The van der Waals surface area contributed by atoms with Gasteiger partial charge in [0.05, 0.1) is 6.10 Å². The molecule has 0 saturated carbocycles. The second-order valence-electron chi connectivity index (χ2n) is 5.39. The Morgan fingerprint density at radius 1 is 1.38 bits per heavy atom. The highest BCUT2D eigenvalue weighted by Gasteiger charge is 2.33. The summed E-state index contributed by atoms with van der Waals surface area (Å²) in [5, 5.41) is 3.41. The summed E-state index contributed by atoms with van der Waals surface area (Å²) >= 11 is 0. The van der Waals surface area contributed by atoms with E-state index in [4.69, 9.17) is 4.74 Å². The number of nitrogens with one attached hydrogen (secondary N) is 1. The van der Waals surface area contributed by atoms with Gasteiger partial charge < -0.3 is 10.1 Å². The lowest BCUT2D eigenvalue weighted by atomic mass is 9.95. The van der Waals surface area contributed by atoms with Crippen LogP contribution < -0.4 is 5.32 Å². The molecule has 2 aliphatic rings. The Kier molecular flexibility index (Phi) is 4.22. The van der Waals surface area contributed by atoms with Crippen LogP contribution in [0.15, 0.2) is 0 Å². The van der Waals surface area contributed by atoms with E-state index in [0.717, 1.165) is 6.61 Å². The van der Waals surface area contributed by atoms with Crippen molar-refractivity contribution in [1.29, 1.82) is 0 Å². The molecule has 2 aliphatic heterocycles. The van der Waals surface area contributed by atoms with Crippen LogP contribution in [0, 0.1) is 0 Å². The lowest BCUT2D eigenvalue weighted by Gasteiger charge is -2.42. The summed E-state index contributed by atoms with van der Waals surface area (Å²) in [7, 11) is 2.08. The van der Waals surface area contributed by atoms with Gasteiger partial charge in [-0.05, 0) is 46.6 Å². The minimum Gasteiger partial charge on any atom is -0.377 e. The number of likely N-dealkylation sites (tertiary alicyclic amines) is 1. The zero-order valence-corrected chi connectivity index (χ0v) is 10.9. The van der Waals surface area contributed by atoms with E-state index >= 15 is 0 Å². The highest BCUT2D eigenvalue weighted by atomic mass is 16.5. The molecule has 3 nitrogen and oxygen atoms in total. The molecular formula is C13H26N2O. The Balaban J connectivity index is 1.88. The number of piperidine rings is 1. The summed E-state index contributed by atoms with van der Waals surface area (Å²) in [6, 6.07) is 1.99. The Morgan fingerprint density at radius 2 is 2.19 bits per heavy atom. The smallest absolute Gasteiger partial charge is 0.0728 e. The van der Waals surface area contributed by atoms with Crippen molar-refractivity contribution in [2.24, 2.45) is 0 Å². The summed E-state index contributed by atoms with van der Waals surface area (Å²) in [5.74, 6) is 0. The largest absolute Gasteiger partial charge is 0.377 e. The van der Waals surface area contributed by atoms with Gasteiger partial charge in [-0.1, -0.05) is 0 Å². The Bertz CT molecular complexity index is 216. The highest BCUT2D eigenvalue weighted by Crippen LogP contribution is 2.25. The van der Waals surface area contributed by atoms with E-state index in [9.17, 15) is 0 Å². The molecule has 0 bridgehead atoms. The van der Waals surface area contributed by atoms with Gasteiger partial charge >= 0.3 is 0 Å². The van der Waals surface area contributed by atoms with Crippen LogP contribution in [0.1, 0.15) is 39.5 Å². The van der Waals surface area contributed by atoms with Crippen molar-refractivity contribution in [3.05, 3.63) is 0 Å². The zero-order chi connectivity index (χ0) is 11.5.